The van der Waals surface area contributed by atoms with Gasteiger partial charge in [-0.15, -0.1) is 0 Å². The smallest absolute Gasteiger partial charge is 0.101 e. The van der Waals surface area contributed by atoms with Crippen LogP contribution in [-0.2, 0) is 9.47 Å². The Morgan fingerprint density at radius 2 is 1.19 bits per heavy atom. The third kappa shape index (κ3) is 12.0. The van der Waals surface area contributed by atoms with Gasteiger partial charge in [-0.1, -0.05) is 27.7 Å². The molecule has 0 aliphatic carbocycles. The van der Waals surface area contributed by atoms with E-state index < -0.39 is 6.10 Å². The lowest BCUT2D eigenvalue weighted by atomic mass is 10.1. The molecule has 0 fully saturated rings. The summed E-state index contributed by atoms with van der Waals surface area (Å²) in [7, 11) is 0. The first-order chi connectivity index (χ1) is 7.52. The highest BCUT2D eigenvalue weighted by Gasteiger charge is 2.05. The molecule has 0 aromatic heterocycles. The molecule has 3 nitrogen and oxygen atoms in total. The normalized spacial score (nSPS) is 12.0. The molecule has 0 bridgehead atoms. The van der Waals surface area contributed by atoms with Crippen LogP contribution in [0.25, 0.3) is 0 Å². The van der Waals surface area contributed by atoms with E-state index in [1.807, 2.05) is 0 Å². The average molecular weight is 232 g/mol. The molecule has 0 aliphatic rings. The van der Waals surface area contributed by atoms with Crippen LogP contribution < -0.4 is 0 Å². The highest BCUT2D eigenvalue weighted by atomic mass is 16.5. The molecule has 3 heteroatoms. The molecule has 0 aromatic rings. The topological polar surface area (TPSA) is 38.7 Å². The van der Waals surface area contributed by atoms with Crippen LogP contribution in [0, 0.1) is 11.8 Å². The molecular weight excluding hydrogens is 204 g/mol. The maximum atomic E-state index is 9.53. The van der Waals surface area contributed by atoms with Crippen molar-refractivity contribution >= 4 is 0 Å². The zero-order valence-corrected chi connectivity index (χ0v) is 11.2. The van der Waals surface area contributed by atoms with Gasteiger partial charge in [0, 0.05) is 13.2 Å². The molecule has 0 saturated carbocycles. The van der Waals surface area contributed by atoms with Crippen molar-refractivity contribution in [2.24, 2.45) is 11.8 Å². The Kier molecular flexibility index (Phi) is 9.99. The Morgan fingerprint density at radius 3 is 1.50 bits per heavy atom. The lowest BCUT2D eigenvalue weighted by molar-refractivity contribution is -0.0222. The number of rotatable bonds is 10. The fraction of sp³-hybridized carbons (Fsp3) is 1.00. The molecule has 0 spiro atoms. The summed E-state index contributed by atoms with van der Waals surface area (Å²) in [5.74, 6) is 1.30. The zero-order chi connectivity index (χ0) is 12.4. The van der Waals surface area contributed by atoms with Crippen LogP contribution in [0.2, 0.25) is 0 Å². The Labute approximate surface area is 100 Å². The van der Waals surface area contributed by atoms with Gasteiger partial charge in [-0.2, -0.15) is 0 Å². The van der Waals surface area contributed by atoms with E-state index in [-0.39, 0.29) is 0 Å². The molecule has 0 amide bonds. The zero-order valence-electron chi connectivity index (χ0n) is 11.2. The summed E-state index contributed by atoms with van der Waals surface area (Å²) in [5.41, 5.74) is 0. The summed E-state index contributed by atoms with van der Waals surface area (Å²) >= 11 is 0. The number of hydrogen-bond acceptors (Lipinski definition) is 3. The molecule has 0 heterocycles. The van der Waals surface area contributed by atoms with E-state index in [4.69, 9.17) is 9.47 Å². The molecular formula is C13H28O3. The van der Waals surface area contributed by atoms with E-state index in [9.17, 15) is 5.11 Å². The fourth-order valence-corrected chi connectivity index (χ4v) is 1.12. The summed E-state index contributed by atoms with van der Waals surface area (Å²) in [4.78, 5) is 0. The molecule has 1 N–H and O–H groups in total. The molecule has 98 valence electrons. The molecule has 0 aliphatic heterocycles. The van der Waals surface area contributed by atoms with Crippen LogP contribution in [0.15, 0.2) is 0 Å². The van der Waals surface area contributed by atoms with E-state index in [0.29, 0.717) is 25.0 Å². The number of ether oxygens (including phenoxy) is 2. The van der Waals surface area contributed by atoms with Crippen molar-refractivity contribution in [3.05, 3.63) is 0 Å². The summed E-state index contributed by atoms with van der Waals surface area (Å²) in [6, 6.07) is 0. The third-order valence-electron chi connectivity index (χ3n) is 2.30. The van der Waals surface area contributed by atoms with Gasteiger partial charge in [0.1, 0.15) is 6.10 Å². The SMILES string of the molecule is CC(C)CCOCC(O)COCCC(C)C. The van der Waals surface area contributed by atoms with Crippen molar-refractivity contribution in [2.75, 3.05) is 26.4 Å². The monoisotopic (exact) mass is 232 g/mol. The van der Waals surface area contributed by atoms with Crippen LogP contribution in [-0.4, -0.2) is 37.6 Å². The minimum atomic E-state index is -0.487. The average Bonchev–Trinajstić information content (AvgIpc) is 2.19. The lowest BCUT2D eigenvalue weighted by Gasteiger charge is -2.13. The summed E-state index contributed by atoms with van der Waals surface area (Å²) in [6.07, 6.45) is 1.60. The second-order valence-corrected chi connectivity index (χ2v) is 5.17. The molecule has 0 saturated heterocycles. The molecule has 0 radical (unpaired) electrons. The van der Waals surface area contributed by atoms with E-state index >= 15 is 0 Å². The largest absolute Gasteiger partial charge is 0.388 e. The Hall–Kier alpha value is -0.120. The van der Waals surface area contributed by atoms with Gasteiger partial charge >= 0.3 is 0 Å². The highest BCUT2D eigenvalue weighted by Crippen LogP contribution is 2.01. The second kappa shape index (κ2) is 10.1. The van der Waals surface area contributed by atoms with E-state index in [2.05, 4.69) is 27.7 Å². The summed E-state index contributed by atoms with van der Waals surface area (Å²) in [5, 5.41) is 9.53. The number of aliphatic hydroxyl groups excluding tert-OH is 1. The first-order valence-electron chi connectivity index (χ1n) is 6.36. The van der Waals surface area contributed by atoms with Crippen LogP contribution in [0.3, 0.4) is 0 Å². The van der Waals surface area contributed by atoms with Crippen molar-refractivity contribution in [3.63, 3.8) is 0 Å². The molecule has 0 atom stereocenters. The number of aliphatic hydroxyl groups is 1. The van der Waals surface area contributed by atoms with Gasteiger partial charge < -0.3 is 14.6 Å². The Balaban J connectivity index is 3.21. The van der Waals surface area contributed by atoms with Crippen molar-refractivity contribution in [1.82, 2.24) is 0 Å². The van der Waals surface area contributed by atoms with Crippen molar-refractivity contribution in [2.45, 2.75) is 46.6 Å². The van der Waals surface area contributed by atoms with Gasteiger partial charge in [0.15, 0.2) is 0 Å². The third-order valence-corrected chi connectivity index (χ3v) is 2.30. The standard InChI is InChI=1S/C13H28O3/c1-11(2)5-7-15-9-13(14)10-16-8-6-12(3)4/h11-14H,5-10H2,1-4H3. The second-order valence-electron chi connectivity index (χ2n) is 5.17. The van der Waals surface area contributed by atoms with Crippen LogP contribution in [0.5, 0.6) is 0 Å². The molecule has 16 heavy (non-hydrogen) atoms. The van der Waals surface area contributed by atoms with E-state index in [1.54, 1.807) is 0 Å². The maximum Gasteiger partial charge on any atom is 0.101 e. The summed E-state index contributed by atoms with van der Waals surface area (Å²) in [6.45, 7) is 10.9. The lowest BCUT2D eigenvalue weighted by Crippen LogP contribution is -2.22. The van der Waals surface area contributed by atoms with E-state index in [0.717, 1.165) is 26.1 Å². The quantitative estimate of drug-likeness (QED) is 0.588. The number of hydrogen-bond donors (Lipinski definition) is 1. The maximum absolute atomic E-state index is 9.53. The van der Waals surface area contributed by atoms with Gasteiger partial charge in [-0.05, 0) is 24.7 Å². The van der Waals surface area contributed by atoms with Crippen LogP contribution in [0.1, 0.15) is 40.5 Å². The van der Waals surface area contributed by atoms with Gasteiger partial charge in [0.2, 0.25) is 0 Å². The van der Waals surface area contributed by atoms with Gasteiger partial charge in [0.25, 0.3) is 0 Å². The predicted octanol–water partition coefficient (Wildman–Crippen LogP) is 2.47. The molecule has 0 unspecified atom stereocenters. The van der Waals surface area contributed by atoms with Gasteiger partial charge in [0.05, 0.1) is 13.2 Å². The van der Waals surface area contributed by atoms with E-state index in [1.165, 1.54) is 0 Å². The minimum absolute atomic E-state index is 0.383. The minimum Gasteiger partial charge on any atom is -0.388 e. The van der Waals surface area contributed by atoms with Crippen LogP contribution >= 0.6 is 0 Å². The first kappa shape index (κ1) is 15.9. The van der Waals surface area contributed by atoms with Gasteiger partial charge in [-0.25, -0.2) is 0 Å². The van der Waals surface area contributed by atoms with Crippen molar-refractivity contribution in [3.8, 4) is 0 Å². The fourth-order valence-electron chi connectivity index (χ4n) is 1.12. The van der Waals surface area contributed by atoms with Crippen molar-refractivity contribution in [1.29, 1.82) is 0 Å². The summed E-state index contributed by atoms with van der Waals surface area (Å²) < 4.78 is 10.7. The molecule has 0 rings (SSSR count). The first-order valence-corrected chi connectivity index (χ1v) is 6.36. The Morgan fingerprint density at radius 1 is 0.812 bits per heavy atom. The highest BCUT2D eigenvalue weighted by molar-refractivity contribution is 4.53. The Bertz CT molecular complexity index is 130. The van der Waals surface area contributed by atoms with Crippen molar-refractivity contribution < 1.29 is 14.6 Å². The molecule has 0 aromatic carbocycles. The predicted molar refractivity (Wildman–Crippen MR) is 66.6 cm³/mol. The van der Waals surface area contributed by atoms with Gasteiger partial charge in [-0.3, -0.25) is 0 Å². The van der Waals surface area contributed by atoms with Crippen LogP contribution in [0.4, 0.5) is 0 Å².